The number of nitrogens with one attached hydrogen (secondary N) is 1. The molecule has 0 atom stereocenters. The van der Waals surface area contributed by atoms with Gasteiger partial charge in [-0.25, -0.2) is 9.67 Å². The van der Waals surface area contributed by atoms with Crippen molar-refractivity contribution in [2.75, 3.05) is 11.9 Å². The molecule has 18 heavy (non-hydrogen) atoms. The van der Waals surface area contributed by atoms with E-state index in [0.29, 0.717) is 12.4 Å². The summed E-state index contributed by atoms with van der Waals surface area (Å²) in [5.41, 5.74) is 0.991. The van der Waals surface area contributed by atoms with Crippen molar-refractivity contribution in [1.82, 2.24) is 19.7 Å². The van der Waals surface area contributed by atoms with Crippen LogP contribution >= 0.6 is 0 Å². The van der Waals surface area contributed by atoms with Gasteiger partial charge in [-0.15, -0.1) is 0 Å². The van der Waals surface area contributed by atoms with E-state index in [1.54, 1.807) is 6.07 Å². The molecule has 2 aromatic heterocycles. The second-order valence-corrected chi connectivity index (χ2v) is 3.66. The van der Waals surface area contributed by atoms with Gasteiger partial charge in [0.1, 0.15) is 11.5 Å². The molecule has 0 spiro atoms. The highest BCUT2D eigenvalue weighted by atomic mass is 16.3. The molecule has 7 nitrogen and oxygen atoms in total. The molecular weight excluding hydrogens is 234 g/mol. The summed E-state index contributed by atoms with van der Waals surface area (Å²) >= 11 is 0. The van der Waals surface area contributed by atoms with Crippen molar-refractivity contribution in [2.45, 2.75) is 13.5 Å². The number of nitrogens with zero attached hydrogens (tertiary/aromatic N) is 4. The zero-order valence-electron chi connectivity index (χ0n) is 9.87. The predicted molar refractivity (Wildman–Crippen MR) is 64.0 cm³/mol. The Bertz CT molecular complexity index is 538. The largest absolute Gasteiger partial charge is 0.394 e. The van der Waals surface area contributed by atoms with Crippen molar-refractivity contribution in [1.29, 1.82) is 0 Å². The van der Waals surface area contributed by atoms with Crippen molar-refractivity contribution in [2.24, 2.45) is 0 Å². The Kier molecular flexibility index (Phi) is 3.63. The lowest BCUT2D eigenvalue weighted by atomic mass is 10.4. The third-order valence-corrected chi connectivity index (χ3v) is 2.25. The van der Waals surface area contributed by atoms with E-state index >= 15 is 0 Å². The van der Waals surface area contributed by atoms with E-state index in [0.717, 1.165) is 5.69 Å². The molecule has 0 radical (unpaired) electrons. The summed E-state index contributed by atoms with van der Waals surface area (Å²) in [6.07, 6.45) is 4.33. The lowest BCUT2D eigenvalue weighted by Gasteiger charge is -2.06. The van der Waals surface area contributed by atoms with Crippen LogP contribution in [-0.4, -0.2) is 37.4 Å². The van der Waals surface area contributed by atoms with E-state index < -0.39 is 0 Å². The Hall–Kier alpha value is -2.28. The summed E-state index contributed by atoms with van der Waals surface area (Å²) < 4.78 is 1.53. The average molecular weight is 247 g/mol. The topological polar surface area (TPSA) is 92.9 Å². The van der Waals surface area contributed by atoms with Crippen LogP contribution in [0, 0.1) is 6.92 Å². The minimum absolute atomic E-state index is 0.0465. The summed E-state index contributed by atoms with van der Waals surface area (Å²) in [6.45, 7) is 2.09. The first-order valence-corrected chi connectivity index (χ1v) is 5.43. The SMILES string of the molecule is Cc1cc(NC(=O)c2cnccn2)n(CCO)n1. The van der Waals surface area contributed by atoms with Crippen LogP contribution in [0.15, 0.2) is 24.7 Å². The first-order valence-electron chi connectivity index (χ1n) is 5.43. The number of aromatic nitrogens is 4. The maximum Gasteiger partial charge on any atom is 0.277 e. The van der Waals surface area contributed by atoms with E-state index in [4.69, 9.17) is 5.11 Å². The van der Waals surface area contributed by atoms with E-state index in [2.05, 4.69) is 20.4 Å². The van der Waals surface area contributed by atoms with Crippen molar-refractivity contribution in [3.8, 4) is 0 Å². The number of aliphatic hydroxyl groups is 1. The number of hydrogen-bond donors (Lipinski definition) is 2. The quantitative estimate of drug-likeness (QED) is 0.806. The lowest BCUT2D eigenvalue weighted by Crippen LogP contribution is -2.17. The van der Waals surface area contributed by atoms with Crippen LogP contribution in [0.25, 0.3) is 0 Å². The second-order valence-electron chi connectivity index (χ2n) is 3.66. The number of rotatable bonds is 4. The molecule has 2 heterocycles. The fraction of sp³-hybridized carbons (Fsp3) is 0.273. The van der Waals surface area contributed by atoms with Crippen LogP contribution in [0.1, 0.15) is 16.2 Å². The van der Waals surface area contributed by atoms with E-state index in [1.807, 2.05) is 6.92 Å². The molecule has 2 N–H and O–H groups in total. The van der Waals surface area contributed by atoms with Crippen LogP contribution in [0.3, 0.4) is 0 Å². The number of aliphatic hydroxyl groups excluding tert-OH is 1. The maximum atomic E-state index is 11.9. The van der Waals surface area contributed by atoms with Crippen molar-refractivity contribution in [3.63, 3.8) is 0 Å². The smallest absolute Gasteiger partial charge is 0.277 e. The van der Waals surface area contributed by atoms with Gasteiger partial charge in [-0.2, -0.15) is 5.10 Å². The van der Waals surface area contributed by atoms with Gasteiger partial charge in [0.2, 0.25) is 0 Å². The minimum Gasteiger partial charge on any atom is -0.394 e. The Balaban J connectivity index is 2.16. The van der Waals surface area contributed by atoms with E-state index in [1.165, 1.54) is 23.3 Å². The number of carbonyl (C=O) groups excluding carboxylic acids is 1. The molecule has 94 valence electrons. The molecule has 2 aromatic rings. The number of anilines is 1. The van der Waals surface area contributed by atoms with Gasteiger partial charge in [-0.05, 0) is 6.92 Å². The summed E-state index contributed by atoms with van der Waals surface area (Å²) in [5, 5.41) is 15.7. The molecule has 0 aromatic carbocycles. The summed E-state index contributed by atoms with van der Waals surface area (Å²) in [5.74, 6) is 0.166. The van der Waals surface area contributed by atoms with Gasteiger partial charge in [0, 0.05) is 18.5 Å². The van der Waals surface area contributed by atoms with Crippen LogP contribution in [0.4, 0.5) is 5.82 Å². The minimum atomic E-state index is -0.359. The van der Waals surface area contributed by atoms with Crippen LogP contribution in [-0.2, 0) is 6.54 Å². The molecule has 0 aliphatic heterocycles. The molecule has 0 fully saturated rings. The molecule has 7 heteroatoms. The molecule has 0 aliphatic rings. The number of amides is 1. The van der Waals surface area contributed by atoms with Crippen LogP contribution in [0.5, 0.6) is 0 Å². The monoisotopic (exact) mass is 247 g/mol. The zero-order valence-corrected chi connectivity index (χ0v) is 9.87. The Morgan fingerprint density at radius 3 is 3.00 bits per heavy atom. The first kappa shape index (κ1) is 12.2. The lowest BCUT2D eigenvalue weighted by molar-refractivity contribution is 0.102. The highest BCUT2D eigenvalue weighted by molar-refractivity contribution is 6.02. The second kappa shape index (κ2) is 5.37. The maximum absolute atomic E-state index is 11.9. The van der Waals surface area contributed by atoms with Gasteiger partial charge in [-0.1, -0.05) is 0 Å². The van der Waals surface area contributed by atoms with Crippen molar-refractivity contribution >= 4 is 11.7 Å². The average Bonchev–Trinajstić information content (AvgIpc) is 2.71. The molecule has 2 rings (SSSR count). The van der Waals surface area contributed by atoms with Gasteiger partial charge in [-0.3, -0.25) is 9.78 Å². The molecular formula is C11H13N5O2. The predicted octanol–water partition coefficient (Wildman–Crippen LogP) is 0.226. The fourth-order valence-corrected chi connectivity index (χ4v) is 1.51. The van der Waals surface area contributed by atoms with E-state index in [9.17, 15) is 4.79 Å². The fourth-order valence-electron chi connectivity index (χ4n) is 1.51. The standard InChI is InChI=1S/C11H13N5O2/c1-8-6-10(16(15-8)4-5-17)14-11(18)9-7-12-2-3-13-9/h2-3,6-7,17H,4-5H2,1H3,(H,14,18). The molecule has 0 unspecified atom stereocenters. The highest BCUT2D eigenvalue weighted by Gasteiger charge is 2.11. The summed E-state index contributed by atoms with van der Waals surface area (Å²) in [7, 11) is 0. The Morgan fingerprint density at radius 2 is 2.33 bits per heavy atom. The van der Waals surface area contributed by atoms with Crippen molar-refractivity contribution in [3.05, 3.63) is 36.0 Å². The Morgan fingerprint density at radius 1 is 1.50 bits per heavy atom. The Labute approximate surface area is 104 Å². The number of aryl methyl sites for hydroxylation is 1. The third kappa shape index (κ3) is 2.69. The molecule has 0 saturated heterocycles. The number of carbonyl (C=O) groups is 1. The first-order chi connectivity index (χ1) is 8.70. The highest BCUT2D eigenvalue weighted by Crippen LogP contribution is 2.10. The molecule has 1 amide bonds. The zero-order chi connectivity index (χ0) is 13.0. The normalized spacial score (nSPS) is 10.3. The molecule has 0 bridgehead atoms. The van der Waals surface area contributed by atoms with Gasteiger partial charge < -0.3 is 10.4 Å². The van der Waals surface area contributed by atoms with Crippen LogP contribution < -0.4 is 5.32 Å². The summed E-state index contributed by atoms with van der Waals surface area (Å²) in [4.78, 5) is 19.6. The van der Waals surface area contributed by atoms with Gasteiger partial charge in [0.15, 0.2) is 0 Å². The van der Waals surface area contributed by atoms with Gasteiger partial charge in [0.05, 0.1) is 25.0 Å². The van der Waals surface area contributed by atoms with Crippen molar-refractivity contribution < 1.29 is 9.90 Å². The van der Waals surface area contributed by atoms with Gasteiger partial charge >= 0.3 is 0 Å². The molecule has 0 saturated carbocycles. The number of hydrogen-bond acceptors (Lipinski definition) is 5. The third-order valence-electron chi connectivity index (χ3n) is 2.25. The molecule has 0 aliphatic carbocycles. The van der Waals surface area contributed by atoms with Crippen LogP contribution in [0.2, 0.25) is 0 Å². The summed E-state index contributed by atoms with van der Waals surface area (Å²) in [6, 6.07) is 1.73. The van der Waals surface area contributed by atoms with E-state index in [-0.39, 0.29) is 18.2 Å². The van der Waals surface area contributed by atoms with Gasteiger partial charge in [0.25, 0.3) is 5.91 Å².